The highest BCUT2D eigenvalue weighted by Crippen LogP contribution is 2.32. The van der Waals surface area contributed by atoms with E-state index < -0.39 is 10.0 Å². The van der Waals surface area contributed by atoms with E-state index in [-0.39, 0.29) is 26.7 Å². The van der Waals surface area contributed by atoms with E-state index >= 15 is 0 Å². The number of sulfonamides is 1. The summed E-state index contributed by atoms with van der Waals surface area (Å²) in [5.74, 6) is 2.48. The molecule has 260 valence electrons. The van der Waals surface area contributed by atoms with Crippen molar-refractivity contribution < 1.29 is 22.7 Å². The highest BCUT2D eigenvalue weighted by molar-refractivity contribution is 7.92. The first-order valence-corrected chi connectivity index (χ1v) is 18.7. The Hall–Kier alpha value is -4.29. The molecule has 1 saturated carbocycles. The van der Waals surface area contributed by atoms with Crippen molar-refractivity contribution in [2.24, 2.45) is 13.0 Å². The third kappa shape index (κ3) is 7.41. The summed E-state index contributed by atoms with van der Waals surface area (Å²) < 4.78 is 41.2. The molecule has 2 fully saturated rings. The molecule has 1 amide bonds. The van der Waals surface area contributed by atoms with E-state index in [1.165, 1.54) is 49.8 Å². The second-order valence-corrected chi connectivity index (χ2v) is 15.6. The van der Waals surface area contributed by atoms with Crippen LogP contribution in [0.1, 0.15) is 28.9 Å². The predicted octanol–water partition coefficient (Wildman–Crippen LogP) is 7.24. The fraction of sp³-hybridized carbons (Fsp3) is 0.297. The number of aryl methyl sites for hydroxylation is 1. The summed E-state index contributed by atoms with van der Waals surface area (Å²) in [6.07, 6.45) is 3.98. The third-order valence-corrected chi connectivity index (χ3v) is 11.8. The molecular weight excluding hydrogens is 697 g/mol. The summed E-state index contributed by atoms with van der Waals surface area (Å²) in [5.41, 5.74) is 3.04. The van der Waals surface area contributed by atoms with Crippen LogP contribution in [-0.2, 0) is 23.6 Å². The number of amides is 1. The fourth-order valence-corrected chi connectivity index (χ4v) is 7.54. The zero-order valence-corrected chi connectivity index (χ0v) is 30.1. The van der Waals surface area contributed by atoms with Crippen molar-refractivity contribution in [3.05, 3.63) is 106 Å². The summed E-state index contributed by atoms with van der Waals surface area (Å²) >= 11 is 12.0. The van der Waals surface area contributed by atoms with E-state index in [1.54, 1.807) is 12.1 Å². The molecule has 10 nitrogen and oxygen atoms in total. The van der Waals surface area contributed by atoms with Crippen LogP contribution >= 0.6 is 23.2 Å². The Labute approximate surface area is 301 Å². The number of fused-ring (bicyclic) bond motifs is 1. The third-order valence-electron chi connectivity index (χ3n) is 9.26. The summed E-state index contributed by atoms with van der Waals surface area (Å²) in [5, 5.41) is 1.34. The standard InChI is InChI=1S/C37H37Cl2N5O5S/c1-41-34-20-30(49-36-14-8-28(22-40-36)42(2)50(46,47)31-12-13-32(38)33(39)21-31)11-7-27(34)19-35(41)37(45)44-17-15-43(16-18-44)23-25-5-9-29(10-6-25)48-24-26-3-4-26/h5-14,19-22,26H,3-4,15-18,23-24H2,1-2H3. The van der Waals surface area contributed by atoms with Crippen LogP contribution in [0.25, 0.3) is 10.9 Å². The van der Waals surface area contributed by atoms with Gasteiger partial charge in [0.25, 0.3) is 15.9 Å². The summed E-state index contributed by atoms with van der Waals surface area (Å²) in [6.45, 7) is 4.57. The van der Waals surface area contributed by atoms with Crippen LogP contribution < -0.4 is 13.8 Å². The first kappa shape index (κ1) is 34.2. The maximum atomic E-state index is 13.6. The van der Waals surface area contributed by atoms with Gasteiger partial charge >= 0.3 is 0 Å². The molecule has 1 aliphatic heterocycles. The lowest BCUT2D eigenvalue weighted by atomic mass is 10.2. The molecule has 2 aliphatic rings. The molecule has 0 radical (unpaired) electrons. The average molecular weight is 735 g/mol. The maximum Gasteiger partial charge on any atom is 0.270 e. The van der Waals surface area contributed by atoms with Gasteiger partial charge < -0.3 is 18.9 Å². The first-order chi connectivity index (χ1) is 24.0. The Morgan fingerprint density at radius 1 is 0.900 bits per heavy atom. The van der Waals surface area contributed by atoms with Gasteiger partial charge in [-0.25, -0.2) is 13.4 Å². The zero-order valence-electron chi connectivity index (χ0n) is 27.8. The van der Waals surface area contributed by atoms with E-state index in [0.29, 0.717) is 30.2 Å². The molecule has 13 heteroatoms. The molecule has 3 aromatic carbocycles. The summed E-state index contributed by atoms with van der Waals surface area (Å²) in [6, 6.07) is 23.2. The molecule has 0 N–H and O–H groups in total. The van der Waals surface area contributed by atoms with Gasteiger partial charge in [0, 0.05) is 64.3 Å². The van der Waals surface area contributed by atoms with Gasteiger partial charge in [-0.1, -0.05) is 35.3 Å². The van der Waals surface area contributed by atoms with Crippen LogP contribution in [0.5, 0.6) is 17.4 Å². The Morgan fingerprint density at radius 3 is 2.32 bits per heavy atom. The number of halogens is 2. The van der Waals surface area contributed by atoms with Gasteiger partial charge in [0.2, 0.25) is 5.88 Å². The summed E-state index contributed by atoms with van der Waals surface area (Å²) in [4.78, 5) is 22.3. The van der Waals surface area contributed by atoms with Gasteiger partial charge in [-0.3, -0.25) is 14.0 Å². The molecule has 3 heterocycles. The molecule has 0 bridgehead atoms. The zero-order chi connectivity index (χ0) is 35.0. The average Bonchev–Trinajstić information content (AvgIpc) is 3.90. The number of nitrogens with zero attached hydrogens (tertiary/aromatic N) is 5. The Bertz CT molecular complexity index is 2130. The normalized spacial score (nSPS) is 15.3. The smallest absolute Gasteiger partial charge is 0.270 e. The van der Waals surface area contributed by atoms with Crippen molar-refractivity contribution in [1.29, 1.82) is 0 Å². The van der Waals surface area contributed by atoms with Crippen molar-refractivity contribution in [2.75, 3.05) is 44.1 Å². The first-order valence-electron chi connectivity index (χ1n) is 16.5. The molecule has 7 rings (SSSR count). The monoisotopic (exact) mass is 733 g/mol. The lowest BCUT2D eigenvalue weighted by Crippen LogP contribution is -2.48. The molecule has 50 heavy (non-hydrogen) atoms. The van der Waals surface area contributed by atoms with Crippen molar-refractivity contribution in [2.45, 2.75) is 24.3 Å². The minimum absolute atomic E-state index is 0.000168. The Kier molecular flexibility index (Phi) is 9.67. The molecule has 2 aromatic heterocycles. The summed E-state index contributed by atoms with van der Waals surface area (Å²) in [7, 11) is -0.581. The molecule has 0 spiro atoms. The minimum Gasteiger partial charge on any atom is -0.493 e. The number of carbonyl (C=O) groups is 1. The van der Waals surface area contributed by atoms with E-state index in [0.717, 1.165) is 53.1 Å². The Balaban J connectivity index is 0.959. The van der Waals surface area contributed by atoms with Crippen molar-refractivity contribution in [1.82, 2.24) is 19.4 Å². The van der Waals surface area contributed by atoms with Gasteiger partial charge in [0.15, 0.2) is 0 Å². The van der Waals surface area contributed by atoms with Gasteiger partial charge in [0.05, 0.1) is 38.9 Å². The van der Waals surface area contributed by atoms with Crippen LogP contribution in [0, 0.1) is 5.92 Å². The second-order valence-electron chi connectivity index (χ2n) is 12.8. The van der Waals surface area contributed by atoms with Gasteiger partial charge in [-0.15, -0.1) is 0 Å². The largest absolute Gasteiger partial charge is 0.493 e. The molecule has 0 atom stereocenters. The molecule has 0 unspecified atom stereocenters. The SMILES string of the molecule is CN(c1ccc(Oc2ccc3cc(C(=O)N4CCN(Cc5ccc(OCC6CC6)cc5)CC4)n(C)c3c2)nc1)S(=O)(=O)c1ccc(Cl)c(Cl)c1. The number of benzene rings is 3. The number of carbonyl (C=O) groups excluding carboxylic acids is 1. The number of ether oxygens (including phenoxy) is 2. The predicted molar refractivity (Wildman–Crippen MR) is 195 cm³/mol. The number of aromatic nitrogens is 2. The molecular formula is C37H37Cl2N5O5S. The van der Waals surface area contributed by atoms with Gasteiger partial charge in [-0.05, 0) is 78.9 Å². The number of rotatable bonds is 11. The van der Waals surface area contributed by atoms with E-state index in [4.69, 9.17) is 32.7 Å². The highest BCUT2D eigenvalue weighted by Gasteiger charge is 2.26. The number of hydrogen-bond donors (Lipinski definition) is 0. The van der Waals surface area contributed by atoms with Crippen LogP contribution in [0.15, 0.2) is 90.0 Å². The van der Waals surface area contributed by atoms with E-state index in [9.17, 15) is 13.2 Å². The van der Waals surface area contributed by atoms with Gasteiger partial charge in [0.1, 0.15) is 17.2 Å². The van der Waals surface area contributed by atoms with E-state index in [2.05, 4.69) is 34.1 Å². The number of pyridine rings is 1. The molecule has 1 aliphatic carbocycles. The highest BCUT2D eigenvalue weighted by atomic mass is 35.5. The minimum atomic E-state index is -3.90. The van der Waals surface area contributed by atoms with Crippen LogP contribution in [0.2, 0.25) is 10.0 Å². The quantitative estimate of drug-likeness (QED) is 0.141. The van der Waals surface area contributed by atoms with Crippen molar-refractivity contribution >= 4 is 55.7 Å². The molecule has 5 aromatic rings. The van der Waals surface area contributed by atoms with Crippen molar-refractivity contribution in [3.63, 3.8) is 0 Å². The number of hydrogen-bond acceptors (Lipinski definition) is 7. The number of anilines is 1. The molecule has 1 saturated heterocycles. The lowest BCUT2D eigenvalue weighted by molar-refractivity contribution is 0.0619. The Morgan fingerprint density at radius 2 is 1.64 bits per heavy atom. The topological polar surface area (TPSA) is 97.2 Å². The fourth-order valence-electron chi connectivity index (χ4n) is 5.97. The van der Waals surface area contributed by atoms with Gasteiger partial charge in [-0.2, -0.15) is 0 Å². The lowest BCUT2D eigenvalue weighted by Gasteiger charge is -2.34. The number of piperazine rings is 1. The van der Waals surface area contributed by atoms with Crippen LogP contribution in [0.4, 0.5) is 5.69 Å². The van der Waals surface area contributed by atoms with Crippen LogP contribution in [-0.4, -0.2) is 73.5 Å². The van der Waals surface area contributed by atoms with E-state index in [1.807, 2.05) is 40.8 Å². The second kappa shape index (κ2) is 14.1. The van der Waals surface area contributed by atoms with Crippen molar-refractivity contribution in [3.8, 4) is 17.4 Å². The maximum absolute atomic E-state index is 13.6. The van der Waals surface area contributed by atoms with Crippen LogP contribution in [0.3, 0.4) is 0 Å².